The van der Waals surface area contributed by atoms with E-state index in [2.05, 4.69) is 6.58 Å². The van der Waals surface area contributed by atoms with Crippen LogP contribution in [0.25, 0.3) is 0 Å². The molecule has 0 saturated carbocycles. The van der Waals surface area contributed by atoms with E-state index < -0.39 is 25.4 Å². The Morgan fingerprint density at radius 3 is 1.95 bits per heavy atom. The van der Waals surface area contributed by atoms with Crippen LogP contribution in [-0.2, 0) is 19.7 Å². The lowest BCUT2D eigenvalue weighted by atomic mass is 10.2. The van der Waals surface area contributed by atoms with Gasteiger partial charge >= 0.3 is 0 Å². The molecule has 22 heavy (non-hydrogen) atoms. The van der Waals surface area contributed by atoms with E-state index in [9.17, 15) is 16.8 Å². The van der Waals surface area contributed by atoms with Crippen LogP contribution in [0, 0.1) is 6.92 Å². The smallest absolute Gasteiger partial charge is 0.203 e. The van der Waals surface area contributed by atoms with Crippen molar-refractivity contribution in [3.8, 4) is 0 Å². The quantitative estimate of drug-likeness (QED) is 0.842. The van der Waals surface area contributed by atoms with Crippen LogP contribution < -0.4 is 0 Å². The molecule has 0 bridgehead atoms. The third-order valence-corrected chi connectivity index (χ3v) is 6.86. The summed E-state index contributed by atoms with van der Waals surface area (Å²) in [5.41, 5.74) is 0.926. The SMILES string of the molecule is C=C(CS(=O)(=O)c1ccc(C)cc1)S(=O)(=O)c1ccccc1. The van der Waals surface area contributed by atoms with E-state index >= 15 is 0 Å². The highest BCUT2D eigenvalue weighted by atomic mass is 32.2. The minimum Gasteiger partial charge on any atom is -0.223 e. The molecule has 0 unspecified atom stereocenters. The van der Waals surface area contributed by atoms with Gasteiger partial charge in [0.2, 0.25) is 9.84 Å². The summed E-state index contributed by atoms with van der Waals surface area (Å²) in [4.78, 5) is -0.208. The molecule has 2 rings (SSSR count). The van der Waals surface area contributed by atoms with Gasteiger partial charge in [-0.05, 0) is 31.2 Å². The Balaban J connectivity index is 2.30. The molecule has 0 aliphatic heterocycles. The Labute approximate surface area is 131 Å². The first-order valence-corrected chi connectivity index (χ1v) is 9.64. The van der Waals surface area contributed by atoms with E-state index in [0.29, 0.717) is 0 Å². The molecular weight excluding hydrogens is 320 g/mol. The second kappa shape index (κ2) is 6.06. The maximum absolute atomic E-state index is 12.3. The van der Waals surface area contributed by atoms with Gasteiger partial charge in [0.15, 0.2) is 9.84 Å². The Morgan fingerprint density at radius 2 is 1.41 bits per heavy atom. The van der Waals surface area contributed by atoms with Gasteiger partial charge in [0.1, 0.15) is 0 Å². The van der Waals surface area contributed by atoms with E-state index in [1.54, 1.807) is 30.3 Å². The second-order valence-electron chi connectivity index (χ2n) is 4.93. The molecule has 6 heteroatoms. The van der Waals surface area contributed by atoms with Gasteiger partial charge in [-0.15, -0.1) is 0 Å². The summed E-state index contributed by atoms with van der Waals surface area (Å²) in [6.07, 6.45) is 0. The number of hydrogen-bond acceptors (Lipinski definition) is 4. The molecule has 0 saturated heterocycles. The summed E-state index contributed by atoms with van der Waals surface area (Å²) in [7, 11) is -7.61. The van der Waals surface area contributed by atoms with E-state index in [0.717, 1.165) is 5.56 Å². The Hall–Kier alpha value is -1.92. The summed E-state index contributed by atoms with van der Waals surface area (Å²) in [5, 5.41) is 0. The fourth-order valence-electron chi connectivity index (χ4n) is 1.88. The van der Waals surface area contributed by atoms with Crippen molar-refractivity contribution in [2.45, 2.75) is 16.7 Å². The average Bonchev–Trinajstić information content (AvgIpc) is 2.48. The highest BCUT2D eigenvalue weighted by Crippen LogP contribution is 2.22. The summed E-state index contributed by atoms with van der Waals surface area (Å²) < 4.78 is 49.3. The van der Waals surface area contributed by atoms with Gasteiger partial charge in [-0.25, -0.2) is 16.8 Å². The third kappa shape index (κ3) is 3.45. The molecule has 2 aromatic rings. The molecule has 116 valence electrons. The zero-order chi connectivity index (χ0) is 16.4. The lowest BCUT2D eigenvalue weighted by molar-refractivity contribution is 0.592. The topological polar surface area (TPSA) is 68.3 Å². The minimum atomic E-state index is -3.86. The summed E-state index contributed by atoms with van der Waals surface area (Å²) in [5.74, 6) is -0.632. The van der Waals surface area contributed by atoms with Gasteiger partial charge < -0.3 is 0 Å². The van der Waals surface area contributed by atoms with Gasteiger partial charge in [-0.1, -0.05) is 42.5 Å². The van der Waals surface area contributed by atoms with Crippen molar-refractivity contribution in [2.24, 2.45) is 0 Å². The average molecular weight is 336 g/mol. The van der Waals surface area contributed by atoms with Crippen molar-refractivity contribution < 1.29 is 16.8 Å². The summed E-state index contributed by atoms with van der Waals surface area (Å²) >= 11 is 0. The standard InChI is InChI=1S/C16H16O4S2/c1-13-8-10-15(11-9-13)21(17,18)12-14(2)22(19,20)16-6-4-3-5-7-16/h3-11H,2,12H2,1H3. The van der Waals surface area contributed by atoms with Crippen LogP contribution >= 0.6 is 0 Å². The molecule has 0 aliphatic carbocycles. The Morgan fingerprint density at radius 1 is 0.864 bits per heavy atom. The lowest BCUT2D eigenvalue weighted by Crippen LogP contribution is -2.15. The second-order valence-corrected chi connectivity index (χ2v) is 8.97. The zero-order valence-corrected chi connectivity index (χ0v) is 13.7. The van der Waals surface area contributed by atoms with Gasteiger partial charge in [0.05, 0.1) is 20.4 Å². The fraction of sp³-hybridized carbons (Fsp3) is 0.125. The molecule has 0 radical (unpaired) electrons. The predicted molar refractivity (Wildman–Crippen MR) is 86.0 cm³/mol. The molecule has 4 nitrogen and oxygen atoms in total. The van der Waals surface area contributed by atoms with Crippen molar-refractivity contribution in [3.63, 3.8) is 0 Å². The van der Waals surface area contributed by atoms with Crippen LogP contribution in [-0.4, -0.2) is 22.6 Å². The van der Waals surface area contributed by atoms with E-state index in [4.69, 9.17) is 0 Å². The lowest BCUT2D eigenvalue weighted by Gasteiger charge is -2.09. The van der Waals surface area contributed by atoms with Gasteiger partial charge in [0, 0.05) is 0 Å². The first-order valence-electron chi connectivity index (χ1n) is 6.51. The summed E-state index contributed by atoms with van der Waals surface area (Å²) in [6.45, 7) is 5.31. The van der Waals surface area contributed by atoms with Gasteiger partial charge in [-0.3, -0.25) is 0 Å². The first-order chi connectivity index (χ1) is 10.2. The van der Waals surface area contributed by atoms with Crippen LogP contribution in [0.2, 0.25) is 0 Å². The number of hydrogen-bond donors (Lipinski definition) is 0. The first kappa shape index (κ1) is 16.5. The van der Waals surface area contributed by atoms with Gasteiger partial charge in [-0.2, -0.15) is 0 Å². The zero-order valence-electron chi connectivity index (χ0n) is 12.1. The third-order valence-electron chi connectivity index (χ3n) is 3.16. The molecule has 0 fully saturated rings. The van der Waals surface area contributed by atoms with E-state index in [1.807, 2.05) is 6.92 Å². The van der Waals surface area contributed by atoms with Gasteiger partial charge in [0.25, 0.3) is 0 Å². The fourth-order valence-corrected chi connectivity index (χ4v) is 4.96. The highest BCUT2D eigenvalue weighted by Gasteiger charge is 2.25. The maximum Gasteiger partial charge on any atom is 0.203 e. The molecule has 2 aromatic carbocycles. The van der Waals surface area contributed by atoms with Crippen molar-refractivity contribution in [3.05, 3.63) is 71.6 Å². The van der Waals surface area contributed by atoms with Crippen molar-refractivity contribution in [2.75, 3.05) is 5.75 Å². The molecule has 0 atom stereocenters. The van der Waals surface area contributed by atoms with Crippen LogP contribution in [0.15, 0.2) is 75.9 Å². The van der Waals surface area contributed by atoms with Crippen LogP contribution in [0.4, 0.5) is 0 Å². The summed E-state index contributed by atoms with van der Waals surface area (Å²) in [6, 6.07) is 13.9. The monoisotopic (exact) mass is 336 g/mol. The predicted octanol–water partition coefficient (Wildman–Crippen LogP) is 2.76. The largest absolute Gasteiger partial charge is 0.223 e. The van der Waals surface area contributed by atoms with Crippen LogP contribution in [0.3, 0.4) is 0 Å². The molecular formula is C16H16O4S2. The highest BCUT2D eigenvalue weighted by molar-refractivity contribution is 7.98. The van der Waals surface area contributed by atoms with E-state index in [-0.39, 0.29) is 14.7 Å². The Bertz CT molecular complexity index is 879. The number of benzene rings is 2. The number of rotatable bonds is 5. The molecule has 0 N–H and O–H groups in total. The van der Waals surface area contributed by atoms with Crippen LogP contribution in [0.5, 0.6) is 0 Å². The van der Waals surface area contributed by atoms with Crippen molar-refractivity contribution in [1.82, 2.24) is 0 Å². The maximum atomic E-state index is 12.3. The number of aryl methyl sites for hydroxylation is 1. The number of sulfone groups is 2. The van der Waals surface area contributed by atoms with Crippen molar-refractivity contribution >= 4 is 19.7 Å². The van der Waals surface area contributed by atoms with Crippen LogP contribution in [0.1, 0.15) is 5.56 Å². The molecule has 0 heterocycles. The van der Waals surface area contributed by atoms with E-state index in [1.165, 1.54) is 24.3 Å². The van der Waals surface area contributed by atoms with Crippen molar-refractivity contribution in [1.29, 1.82) is 0 Å². The Kier molecular flexibility index (Phi) is 4.53. The molecule has 0 aromatic heterocycles. The molecule has 0 spiro atoms. The normalized spacial score (nSPS) is 12.0. The molecule has 0 aliphatic rings. The molecule has 0 amide bonds. The minimum absolute atomic E-state index is 0.0408.